The highest BCUT2D eigenvalue weighted by molar-refractivity contribution is 5.89. The summed E-state index contributed by atoms with van der Waals surface area (Å²) in [5.74, 6) is 1.21. The van der Waals surface area contributed by atoms with Gasteiger partial charge in [-0.05, 0) is 38.5 Å². The predicted molar refractivity (Wildman–Crippen MR) is 87.4 cm³/mol. The molecule has 116 valence electrons. The average molecular weight is 299 g/mol. The third-order valence-electron chi connectivity index (χ3n) is 3.23. The Hall–Kier alpha value is -2.56. The summed E-state index contributed by atoms with van der Waals surface area (Å²) >= 11 is 0. The van der Waals surface area contributed by atoms with E-state index in [1.807, 2.05) is 45.0 Å². The topological polar surface area (TPSA) is 63.2 Å². The van der Waals surface area contributed by atoms with Crippen LogP contribution in [0.2, 0.25) is 0 Å². The van der Waals surface area contributed by atoms with E-state index in [1.165, 1.54) is 5.56 Å². The lowest BCUT2D eigenvalue weighted by atomic mass is 10.2. The molecule has 1 aromatic heterocycles. The SMILES string of the molecule is CCC(C)NC(=O)Nc1ccc(Oc2ccc(C)cc2)nc1. The number of amides is 2. The number of aryl methyl sites for hydroxylation is 1. The quantitative estimate of drug-likeness (QED) is 0.873. The van der Waals surface area contributed by atoms with Crippen molar-refractivity contribution in [3.05, 3.63) is 48.2 Å². The average Bonchev–Trinajstić information content (AvgIpc) is 2.51. The smallest absolute Gasteiger partial charge is 0.319 e. The summed E-state index contributed by atoms with van der Waals surface area (Å²) in [5.41, 5.74) is 1.80. The molecule has 0 radical (unpaired) electrons. The second-order valence-electron chi connectivity index (χ2n) is 5.21. The van der Waals surface area contributed by atoms with Crippen LogP contribution in [0.1, 0.15) is 25.8 Å². The molecular weight excluding hydrogens is 278 g/mol. The van der Waals surface area contributed by atoms with Gasteiger partial charge < -0.3 is 15.4 Å². The molecule has 2 amide bonds. The lowest BCUT2D eigenvalue weighted by molar-refractivity contribution is 0.249. The molecule has 0 bridgehead atoms. The molecule has 0 aliphatic carbocycles. The number of carbonyl (C=O) groups is 1. The molecule has 0 aliphatic heterocycles. The van der Waals surface area contributed by atoms with Crippen LogP contribution in [0.25, 0.3) is 0 Å². The number of nitrogens with one attached hydrogen (secondary N) is 2. The number of nitrogens with zero attached hydrogens (tertiary/aromatic N) is 1. The molecule has 1 aromatic carbocycles. The van der Waals surface area contributed by atoms with Gasteiger partial charge in [-0.1, -0.05) is 24.6 Å². The molecule has 22 heavy (non-hydrogen) atoms. The lowest BCUT2D eigenvalue weighted by Gasteiger charge is -2.12. The number of benzene rings is 1. The van der Waals surface area contributed by atoms with E-state index < -0.39 is 0 Å². The number of hydrogen-bond donors (Lipinski definition) is 2. The number of rotatable bonds is 5. The zero-order chi connectivity index (χ0) is 15.9. The van der Waals surface area contributed by atoms with E-state index in [0.29, 0.717) is 11.6 Å². The molecule has 0 saturated heterocycles. The first-order chi connectivity index (χ1) is 10.6. The van der Waals surface area contributed by atoms with Crippen molar-refractivity contribution in [1.82, 2.24) is 10.3 Å². The minimum Gasteiger partial charge on any atom is -0.439 e. The van der Waals surface area contributed by atoms with Crippen LogP contribution >= 0.6 is 0 Å². The maximum atomic E-state index is 11.7. The van der Waals surface area contributed by atoms with Gasteiger partial charge in [-0.2, -0.15) is 0 Å². The van der Waals surface area contributed by atoms with Gasteiger partial charge in [0, 0.05) is 12.1 Å². The van der Waals surface area contributed by atoms with E-state index in [2.05, 4.69) is 15.6 Å². The van der Waals surface area contributed by atoms with Gasteiger partial charge in [0.05, 0.1) is 11.9 Å². The standard InChI is InChI=1S/C17H21N3O2/c1-4-13(3)19-17(21)20-14-7-10-16(18-11-14)22-15-8-5-12(2)6-9-15/h5-11,13H,4H2,1-3H3,(H2,19,20,21). The highest BCUT2D eigenvalue weighted by atomic mass is 16.5. The van der Waals surface area contributed by atoms with E-state index in [9.17, 15) is 4.79 Å². The second-order valence-corrected chi connectivity index (χ2v) is 5.21. The number of aromatic nitrogens is 1. The second kappa shape index (κ2) is 7.45. The normalized spacial score (nSPS) is 11.6. The van der Waals surface area contributed by atoms with Gasteiger partial charge in [-0.25, -0.2) is 9.78 Å². The minimum absolute atomic E-state index is 0.136. The molecule has 1 heterocycles. The molecule has 5 heteroatoms. The fourth-order valence-corrected chi connectivity index (χ4v) is 1.73. The molecule has 1 atom stereocenters. The van der Waals surface area contributed by atoms with Gasteiger partial charge in [0.25, 0.3) is 0 Å². The summed E-state index contributed by atoms with van der Waals surface area (Å²) in [6, 6.07) is 11.1. The van der Waals surface area contributed by atoms with Crippen LogP contribution in [0.15, 0.2) is 42.6 Å². The highest BCUT2D eigenvalue weighted by Crippen LogP contribution is 2.20. The highest BCUT2D eigenvalue weighted by Gasteiger charge is 2.06. The molecule has 1 unspecified atom stereocenters. The third kappa shape index (κ3) is 4.77. The zero-order valence-corrected chi connectivity index (χ0v) is 13.1. The van der Waals surface area contributed by atoms with E-state index in [1.54, 1.807) is 18.3 Å². The molecule has 5 nitrogen and oxygen atoms in total. The van der Waals surface area contributed by atoms with Crippen LogP contribution in [0, 0.1) is 6.92 Å². The van der Waals surface area contributed by atoms with Gasteiger partial charge in [-0.15, -0.1) is 0 Å². The fourth-order valence-electron chi connectivity index (χ4n) is 1.73. The Morgan fingerprint density at radius 1 is 1.23 bits per heavy atom. The Bertz CT molecular complexity index is 609. The van der Waals surface area contributed by atoms with Crippen LogP contribution < -0.4 is 15.4 Å². The summed E-state index contributed by atoms with van der Waals surface area (Å²) in [6.07, 6.45) is 2.45. The van der Waals surface area contributed by atoms with Gasteiger partial charge in [0.1, 0.15) is 5.75 Å². The van der Waals surface area contributed by atoms with Crippen molar-refractivity contribution < 1.29 is 9.53 Å². The summed E-state index contributed by atoms with van der Waals surface area (Å²) in [7, 11) is 0. The summed E-state index contributed by atoms with van der Waals surface area (Å²) in [5, 5.41) is 5.57. The van der Waals surface area contributed by atoms with Crippen LogP contribution in [-0.4, -0.2) is 17.1 Å². The van der Waals surface area contributed by atoms with Gasteiger partial charge in [0.15, 0.2) is 0 Å². The molecule has 0 saturated carbocycles. The number of hydrogen-bond acceptors (Lipinski definition) is 3. The summed E-state index contributed by atoms with van der Waals surface area (Å²) in [4.78, 5) is 15.9. The number of anilines is 1. The number of ether oxygens (including phenoxy) is 1. The first-order valence-corrected chi connectivity index (χ1v) is 7.35. The minimum atomic E-state index is -0.233. The van der Waals surface area contributed by atoms with Crippen molar-refractivity contribution in [1.29, 1.82) is 0 Å². The van der Waals surface area contributed by atoms with E-state index >= 15 is 0 Å². The van der Waals surface area contributed by atoms with Crippen molar-refractivity contribution in [2.24, 2.45) is 0 Å². The van der Waals surface area contributed by atoms with E-state index in [0.717, 1.165) is 12.2 Å². The van der Waals surface area contributed by atoms with E-state index in [-0.39, 0.29) is 12.1 Å². The Kier molecular flexibility index (Phi) is 5.36. The molecular formula is C17H21N3O2. The molecule has 2 aromatic rings. The van der Waals surface area contributed by atoms with Crippen molar-refractivity contribution in [3.8, 4) is 11.6 Å². The van der Waals surface area contributed by atoms with Crippen molar-refractivity contribution >= 4 is 11.7 Å². The Labute approximate surface area is 130 Å². The third-order valence-corrected chi connectivity index (χ3v) is 3.23. The van der Waals surface area contributed by atoms with Crippen molar-refractivity contribution in [2.45, 2.75) is 33.2 Å². The van der Waals surface area contributed by atoms with Crippen LogP contribution in [0.5, 0.6) is 11.6 Å². The molecule has 0 spiro atoms. The van der Waals surface area contributed by atoms with Crippen LogP contribution in [0.3, 0.4) is 0 Å². The van der Waals surface area contributed by atoms with Gasteiger partial charge in [-0.3, -0.25) is 0 Å². The monoisotopic (exact) mass is 299 g/mol. The Balaban J connectivity index is 1.92. The van der Waals surface area contributed by atoms with Gasteiger partial charge in [0.2, 0.25) is 5.88 Å². The van der Waals surface area contributed by atoms with Gasteiger partial charge >= 0.3 is 6.03 Å². The van der Waals surface area contributed by atoms with Crippen molar-refractivity contribution in [3.63, 3.8) is 0 Å². The predicted octanol–water partition coefficient (Wildman–Crippen LogP) is 4.10. The Morgan fingerprint density at radius 3 is 2.55 bits per heavy atom. The molecule has 2 N–H and O–H groups in total. The van der Waals surface area contributed by atoms with E-state index in [4.69, 9.17) is 4.74 Å². The first kappa shape index (κ1) is 15.8. The summed E-state index contributed by atoms with van der Waals surface area (Å²) < 4.78 is 5.64. The first-order valence-electron chi connectivity index (χ1n) is 7.35. The maximum absolute atomic E-state index is 11.7. The zero-order valence-electron chi connectivity index (χ0n) is 13.1. The lowest BCUT2D eigenvalue weighted by Crippen LogP contribution is -2.35. The number of carbonyl (C=O) groups excluding carboxylic acids is 1. The van der Waals surface area contributed by atoms with Crippen LogP contribution in [0.4, 0.5) is 10.5 Å². The molecule has 2 rings (SSSR count). The van der Waals surface area contributed by atoms with Crippen molar-refractivity contribution in [2.75, 3.05) is 5.32 Å². The largest absolute Gasteiger partial charge is 0.439 e. The molecule has 0 fully saturated rings. The molecule has 0 aliphatic rings. The van der Waals surface area contributed by atoms with Crippen LogP contribution in [-0.2, 0) is 0 Å². The fraction of sp³-hybridized carbons (Fsp3) is 0.294. The maximum Gasteiger partial charge on any atom is 0.319 e. The number of pyridine rings is 1. The Morgan fingerprint density at radius 2 is 1.95 bits per heavy atom. The summed E-state index contributed by atoms with van der Waals surface area (Å²) in [6.45, 7) is 5.99. The number of urea groups is 1.